The van der Waals surface area contributed by atoms with E-state index < -0.39 is 24.9 Å². The average molecular weight is 557 g/mol. The molecule has 2 aromatic carbocycles. The number of nitrogens with zero attached hydrogens (tertiary/aromatic N) is 6. The van der Waals surface area contributed by atoms with E-state index in [0.717, 1.165) is 51.7 Å². The number of fused-ring (bicyclic) bond motifs is 3. The second-order valence-corrected chi connectivity index (χ2v) is 11.2. The summed E-state index contributed by atoms with van der Waals surface area (Å²) in [6.45, 7) is 2.23. The number of amides is 1. The van der Waals surface area contributed by atoms with E-state index in [2.05, 4.69) is 45.2 Å². The summed E-state index contributed by atoms with van der Waals surface area (Å²) in [6.07, 6.45) is 3.64. The highest BCUT2D eigenvalue weighted by Gasteiger charge is 2.46. The van der Waals surface area contributed by atoms with E-state index in [4.69, 9.17) is 9.72 Å². The van der Waals surface area contributed by atoms with Crippen LogP contribution in [0.3, 0.4) is 0 Å². The third-order valence-electron chi connectivity index (χ3n) is 8.42. The fraction of sp³-hybridized carbons (Fsp3) is 0.355. The van der Waals surface area contributed by atoms with Gasteiger partial charge in [0.1, 0.15) is 0 Å². The minimum atomic E-state index is -2.82. The smallest absolute Gasteiger partial charge is 0.282 e. The number of carbonyl (C=O) groups excluding carboxylic acids is 1. The first-order chi connectivity index (χ1) is 19.8. The molecule has 1 amide bonds. The number of pyridine rings is 1. The Morgan fingerprint density at radius 2 is 1.80 bits per heavy atom. The highest BCUT2D eigenvalue weighted by atomic mass is 19.3. The van der Waals surface area contributed by atoms with E-state index in [0.29, 0.717) is 24.7 Å². The maximum Gasteiger partial charge on any atom is 0.282 e. The van der Waals surface area contributed by atoms with Gasteiger partial charge in [0.15, 0.2) is 0 Å². The molecule has 5 aromatic rings. The molecule has 1 atom stereocenters. The van der Waals surface area contributed by atoms with Crippen molar-refractivity contribution in [3.8, 4) is 11.3 Å². The summed E-state index contributed by atoms with van der Waals surface area (Å²) in [6, 6.07) is 18.1. The zero-order chi connectivity index (χ0) is 28.3. The maximum absolute atomic E-state index is 13.5. The van der Waals surface area contributed by atoms with E-state index in [9.17, 15) is 13.6 Å². The van der Waals surface area contributed by atoms with Gasteiger partial charge in [-0.2, -0.15) is 0 Å². The molecule has 2 aliphatic rings. The Hall–Kier alpha value is -4.18. The number of benzene rings is 2. The number of carbonyl (C=O) groups is 1. The first-order valence-electron chi connectivity index (χ1n) is 13.9. The van der Waals surface area contributed by atoms with E-state index in [1.54, 1.807) is 10.7 Å². The topological polar surface area (TPSA) is 78.1 Å². The van der Waals surface area contributed by atoms with E-state index >= 15 is 0 Å². The predicted molar refractivity (Wildman–Crippen MR) is 151 cm³/mol. The van der Waals surface area contributed by atoms with Gasteiger partial charge in [-0.3, -0.25) is 9.78 Å². The zero-order valence-corrected chi connectivity index (χ0v) is 22.9. The van der Waals surface area contributed by atoms with Gasteiger partial charge in [0.25, 0.3) is 11.8 Å². The number of rotatable bonds is 5. The number of hydrogen-bond donors (Lipinski definition) is 0. The van der Waals surface area contributed by atoms with Crippen molar-refractivity contribution >= 4 is 27.8 Å². The fourth-order valence-corrected chi connectivity index (χ4v) is 6.48. The van der Waals surface area contributed by atoms with Crippen molar-refractivity contribution in [1.82, 2.24) is 29.4 Å². The summed E-state index contributed by atoms with van der Waals surface area (Å²) >= 11 is 0. The Morgan fingerprint density at radius 3 is 2.49 bits per heavy atom. The van der Waals surface area contributed by atoms with Gasteiger partial charge >= 0.3 is 0 Å². The number of alkyl halides is 2. The molecule has 1 unspecified atom stereocenters. The van der Waals surface area contributed by atoms with Crippen molar-refractivity contribution in [2.75, 3.05) is 26.3 Å². The van der Waals surface area contributed by atoms with Crippen LogP contribution in [0.5, 0.6) is 0 Å². The zero-order valence-electron chi connectivity index (χ0n) is 22.9. The van der Waals surface area contributed by atoms with Crippen LogP contribution in [0.2, 0.25) is 0 Å². The number of aromatic nitrogens is 5. The third-order valence-corrected chi connectivity index (χ3v) is 8.42. The lowest BCUT2D eigenvalue weighted by atomic mass is 9.86. The molecule has 0 radical (unpaired) electrons. The lowest BCUT2D eigenvalue weighted by molar-refractivity contribution is -0.113. The molecule has 0 saturated carbocycles. The summed E-state index contributed by atoms with van der Waals surface area (Å²) in [5, 5.41) is 9.24. The molecular formula is C31H30F2N6O2. The van der Waals surface area contributed by atoms with Gasteiger partial charge < -0.3 is 14.2 Å². The number of halogens is 2. The Balaban J connectivity index is 1.46. The normalized spacial score (nSPS) is 18.1. The van der Waals surface area contributed by atoms with Crippen LogP contribution in [0.1, 0.15) is 40.5 Å². The van der Waals surface area contributed by atoms with Gasteiger partial charge in [-0.05, 0) is 55.5 Å². The van der Waals surface area contributed by atoms with Crippen LogP contribution in [0.25, 0.3) is 33.2 Å². The quantitative estimate of drug-likeness (QED) is 0.290. The molecule has 210 valence electrons. The molecule has 0 spiro atoms. The second-order valence-electron chi connectivity index (χ2n) is 11.2. The van der Waals surface area contributed by atoms with Crippen molar-refractivity contribution in [1.29, 1.82) is 0 Å². The third kappa shape index (κ3) is 4.37. The lowest BCUT2D eigenvalue weighted by Gasteiger charge is -2.38. The summed E-state index contributed by atoms with van der Waals surface area (Å²) < 4.78 is 36.9. The number of aryl methyl sites for hydroxylation is 2. The van der Waals surface area contributed by atoms with Crippen molar-refractivity contribution in [3.63, 3.8) is 0 Å². The molecule has 10 heteroatoms. The summed E-state index contributed by atoms with van der Waals surface area (Å²) in [4.78, 5) is 19.2. The van der Waals surface area contributed by atoms with E-state index in [1.807, 2.05) is 38.4 Å². The molecule has 7 rings (SSSR count). The summed E-state index contributed by atoms with van der Waals surface area (Å²) in [7, 11) is 1.86. The maximum atomic E-state index is 13.5. The summed E-state index contributed by atoms with van der Waals surface area (Å²) in [5.74, 6) is -2.90. The molecule has 2 fully saturated rings. The largest absolute Gasteiger partial charge is 0.381 e. The van der Waals surface area contributed by atoms with E-state index in [-0.39, 0.29) is 6.04 Å². The van der Waals surface area contributed by atoms with Crippen LogP contribution >= 0.6 is 0 Å². The molecule has 5 heterocycles. The number of hydrogen-bond acceptors (Lipinski definition) is 5. The summed E-state index contributed by atoms with van der Waals surface area (Å²) in [5.41, 5.74) is 6.77. The number of ether oxygens (including phenoxy) is 1. The van der Waals surface area contributed by atoms with Gasteiger partial charge in [0.2, 0.25) is 0 Å². The van der Waals surface area contributed by atoms with Crippen LogP contribution in [0, 0.1) is 12.8 Å². The van der Waals surface area contributed by atoms with Gasteiger partial charge in [0, 0.05) is 43.0 Å². The standard InChI is InChI=1S/C31H30F2N6O2/c1-19-28(37(2)36-35-19)23-15-26-27(34-16-23)24-14-22(30(40)38-17-31(32,33)18-38)8-9-25(24)39(26)29(20-6-4-3-5-7-20)21-10-12-41-13-11-21/h3-9,14-16,21,29H,10-13,17-18H2,1-2H3. The van der Waals surface area contributed by atoms with Crippen LogP contribution < -0.4 is 0 Å². The molecule has 8 nitrogen and oxygen atoms in total. The van der Waals surface area contributed by atoms with Crippen LogP contribution in [-0.4, -0.2) is 67.6 Å². The van der Waals surface area contributed by atoms with Crippen molar-refractivity contribution < 1.29 is 18.3 Å². The van der Waals surface area contributed by atoms with Gasteiger partial charge in [-0.1, -0.05) is 35.5 Å². The SMILES string of the molecule is Cc1nnn(C)c1-c1cnc2c3cc(C(=O)N4CC(F)(F)C4)ccc3n(C(c3ccccc3)C3CCOCC3)c2c1. The molecule has 2 aliphatic heterocycles. The predicted octanol–water partition coefficient (Wildman–Crippen LogP) is 5.40. The van der Waals surface area contributed by atoms with Gasteiger partial charge in [0.05, 0.1) is 47.1 Å². The Bertz CT molecular complexity index is 1750. The molecule has 0 aliphatic carbocycles. The first kappa shape index (κ1) is 25.8. The van der Waals surface area contributed by atoms with Crippen LogP contribution in [-0.2, 0) is 11.8 Å². The van der Waals surface area contributed by atoms with Crippen molar-refractivity contribution in [3.05, 3.63) is 77.6 Å². The lowest BCUT2D eigenvalue weighted by Crippen LogP contribution is -2.58. The molecule has 41 heavy (non-hydrogen) atoms. The Morgan fingerprint density at radius 1 is 1.05 bits per heavy atom. The van der Waals surface area contributed by atoms with E-state index in [1.165, 1.54) is 10.5 Å². The number of likely N-dealkylation sites (tertiary alicyclic amines) is 1. The Kier molecular flexibility index (Phi) is 6.11. The monoisotopic (exact) mass is 556 g/mol. The average Bonchev–Trinajstić information content (AvgIpc) is 3.47. The second kappa shape index (κ2) is 9.73. The van der Waals surface area contributed by atoms with Crippen molar-refractivity contribution in [2.24, 2.45) is 13.0 Å². The van der Waals surface area contributed by atoms with Crippen LogP contribution in [0.15, 0.2) is 60.8 Å². The first-order valence-corrected chi connectivity index (χ1v) is 13.9. The minimum absolute atomic E-state index is 0.00136. The van der Waals surface area contributed by atoms with Crippen LogP contribution in [0.4, 0.5) is 8.78 Å². The molecular weight excluding hydrogens is 526 g/mol. The van der Waals surface area contributed by atoms with Gasteiger partial charge in [-0.15, -0.1) is 5.10 Å². The molecule has 3 aromatic heterocycles. The minimum Gasteiger partial charge on any atom is -0.381 e. The highest BCUT2D eigenvalue weighted by molar-refractivity contribution is 6.09. The Labute approximate surface area is 235 Å². The molecule has 2 saturated heterocycles. The fourth-order valence-electron chi connectivity index (χ4n) is 6.48. The highest BCUT2D eigenvalue weighted by Crippen LogP contribution is 2.41. The molecule has 0 bridgehead atoms. The molecule has 0 N–H and O–H groups in total. The van der Waals surface area contributed by atoms with Crippen molar-refractivity contribution in [2.45, 2.75) is 31.7 Å². The van der Waals surface area contributed by atoms with Gasteiger partial charge in [-0.25, -0.2) is 13.5 Å².